The van der Waals surface area contributed by atoms with E-state index in [0.29, 0.717) is 38.5 Å². The van der Waals surface area contributed by atoms with Gasteiger partial charge in [-0.15, -0.1) is 0 Å². The van der Waals surface area contributed by atoms with E-state index in [1.165, 1.54) is 20.0 Å². The Bertz CT molecular complexity index is 2260. The van der Waals surface area contributed by atoms with Gasteiger partial charge in [-0.2, -0.15) is 54.0 Å². The first-order valence-corrected chi connectivity index (χ1v) is 20.7. The van der Waals surface area contributed by atoms with Crippen molar-refractivity contribution in [1.29, 1.82) is 0 Å². The lowest BCUT2D eigenvalue weighted by Crippen LogP contribution is -2.53. The summed E-state index contributed by atoms with van der Waals surface area (Å²) >= 11 is 0. The number of aromatic nitrogens is 4. The summed E-state index contributed by atoms with van der Waals surface area (Å²) in [4.78, 5) is 61.0. The molecule has 3 N–H and O–H groups in total. The van der Waals surface area contributed by atoms with Crippen LogP contribution >= 0.6 is 54.0 Å². The number of nitrogens with one attached hydrogen (secondary N) is 3. The van der Waals surface area contributed by atoms with Gasteiger partial charge in [-0.3, -0.25) is 9.59 Å². The SMILES string of the molecule is COC(=O)N[C@H](C(=O)N1CC2(CC2)C[C@H]1c1ncc(-c2ccc(C#Cc3ccc4nc([C@@H]5CC6(CC6)CN5C(=O)[C@@H](C)C(C)C)[nH]c4c3)cc2)[nH]1)C1CCOCC1.S.S.S.S. The maximum absolute atomic E-state index is 14.2. The van der Waals surface area contributed by atoms with Crippen LogP contribution in [0.2, 0.25) is 0 Å². The Morgan fingerprint density at radius 1 is 0.820 bits per heavy atom. The van der Waals surface area contributed by atoms with Crippen LogP contribution in [0, 0.1) is 40.4 Å². The molecule has 2 aliphatic carbocycles. The third-order valence-electron chi connectivity index (χ3n) is 13.6. The van der Waals surface area contributed by atoms with E-state index >= 15 is 0 Å². The smallest absolute Gasteiger partial charge is 0.407 e. The summed E-state index contributed by atoms with van der Waals surface area (Å²) in [6, 6.07) is 13.2. The molecule has 9 rings (SSSR count). The molecule has 4 aromatic rings. The molecule has 3 saturated heterocycles. The monoisotopic (exact) mass is 907 g/mol. The molecule has 61 heavy (non-hydrogen) atoms. The van der Waals surface area contributed by atoms with E-state index in [-0.39, 0.29) is 101 Å². The molecule has 2 aromatic carbocycles. The zero-order chi connectivity index (χ0) is 39.5. The Labute approximate surface area is 386 Å². The van der Waals surface area contributed by atoms with Gasteiger partial charge >= 0.3 is 6.09 Å². The maximum atomic E-state index is 14.2. The van der Waals surface area contributed by atoms with Crippen molar-refractivity contribution in [2.24, 2.45) is 28.6 Å². The highest BCUT2D eigenvalue weighted by atomic mass is 32.1. The van der Waals surface area contributed by atoms with Gasteiger partial charge in [-0.05, 0) is 110 Å². The van der Waals surface area contributed by atoms with Crippen LogP contribution in [-0.4, -0.2) is 87.1 Å². The summed E-state index contributed by atoms with van der Waals surface area (Å²) < 4.78 is 10.5. The average Bonchev–Trinajstić information content (AvgIpc) is 3.84. The van der Waals surface area contributed by atoms with Gasteiger partial charge in [0.25, 0.3) is 0 Å². The number of H-pyrrole nitrogens is 2. The zero-order valence-corrected chi connectivity index (χ0v) is 39.4. The van der Waals surface area contributed by atoms with Crippen molar-refractivity contribution in [1.82, 2.24) is 35.1 Å². The Hall–Kier alpha value is -3.75. The molecule has 3 amide bonds. The van der Waals surface area contributed by atoms with Gasteiger partial charge in [0.05, 0.1) is 42.1 Å². The lowest BCUT2D eigenvalue weighted by molar-refractivity contribution is -0.138. The number of amides is 3. The fourth-order valence-corrected chi connectivity index (χ4v) is 9.28. The number of carbonyl (C=O) groups is 3. The highest BCUT2D eigenvalue weighted by molar-refractivity contribution is 7.59. The first-order chi connectivity index (χ1) is 27.5. The van der Waals surface area contributed by atoms with Crippen molar-refractivity contribution in [2.45, 2.75) is 90.3 Å². The quantitative estimate of drug-likeness (QED) is 0.157. The maximum Gasteiger partial charge on any atom is 0.407 e. The number of alkyl carbamates (subject to hydrolysis) is 1. The highest BCUT2D eigenvalue weighted by Crippen LogP contribution is 2.59. The molecule has 0 bridgehead atoms. The Morgan fingerprint density at radius 2 is 1.41 bits per heavy atom. The number of fused-ring (bicyclic) bond motifs is 1. The van der Waals surface area contributed by atoms with Crippen LogP contribution in [0.3, 0.4) is 0 Å². The number of hydrogen-bond donors (Lipinski definition) is 3. The van der Waals surface area contributed by atoms with E-state index in [9.17, 15) is 14.4 Å². The van der Waals surface area contributed by atoms with Crippen molar-refractivity contribution in [3.63, 3.8) is 0 Å². The molecule has 5 aliphatic rings. The predicted octanol–water partition coefficient (Wildman–Crippen LogP) is 7.35. The molecular weight excluding hydrogens is 847 g/mol. The number of imidazole rings is 2. The molecule has 12 nitrogen and oxygen atoms in total. The summed E-state index contributed by atoms with van der Waals surface area (Å²) in [6.45, 7) is 8.91. The standard InChI is InChI=1S/C45H53N7O5.4H2S/c1-27(2)28(3)41(53)51-25-45(17-18-45)23-37(51)40-47-33-12-9-30(21-34(33)48-40)6-5-29-7-10-31(11-8-29)35-24-46-39(49-35)36-22-44(15-16-44)26-52(36)42(54)38(50-43(55)56-4)32-13-19-57-20-14-32;;;;/h7-12,21,24,27-28,32,36-38H,13-20,22-23,25-26H2,1-4H3,(H,46,49)(H,47,48)(H,50,55);4*1H2/t28-,36-,37-,38-;;;;/m0..../s1. The molecule has 5 fully saturated rings. The van der Waals surface area contributed by atoms with E-state index in [4.69, 9.17) is 19.4 Å². The van der Waals surface area contributed by atoms with Gasteiger partial charge in [-0.25, -0.2) is 14.8 Å². The topological polar surface area (TPSA) is 146 Å². The molecule has 2 aromatic heterocycles. The number of hydrogen-bond acceptors (Lipinski definition) is 7. The second kappa shape index (κ2) is 19.3. The van der Waals surface area contributed by atoms with Crippen molar-refractivity contribution >= 4 is 82.9 Å². The number of nitrogens with zero attached hydrogens (tertiary/aromatic N) is 4. The lowest BCUT2D eigenvalue weighted by atomic mass is 9.90. The molecular formula is C45H61N7O5S4. The molecule has 5 heterocycles. The minimum Gasteiger partial charge on any atom is -0.453 e. The van der Waals surface area contributed by atoms with Crippen LogP contribution in [0.25, 0.3) is 22.3 Å². The molecule has 0 radical (unpaired) electrons. The molecule has 4 atom stereocenters. The first kappa shape index (κ1) is 48.3. The Morgan fingerprint density at radius 3 is 2.02 bits per heavy atom. The summed E-state index contributed by atoms with van der Waals surface area (Å²) in [7, 11) is 1.32. The number of methoxy groups -OCH3 is 1. The van der Waals surface area contributed by atoms with Gasteiger partial charge in [0.2, 0.25) is 11.8 Å². The van der Waals surface area contributed by atoms with Gasteiger partial charge in [0.1, 0.15) is 17.7 Å². The third kappa shape index (κ3) is 9.91. The zero-order valence-electron chi connectivity index (χ0n) is 35.4. The van der Waals surface area contributed by atoms with E-state index in [2.05, 4.69) is 45.9 Å². The summed E-state index contributed by atoms with van der Waals surface area (Å²) in [5.74, 6) is 8.68. The van der Waals surface area contributed by atoms with Crippen LogP contribution < -0.4 is 5.32 Å². The highest BCUT2D eigenvalue weighted by Gasteiger charge is 2.56. The van der Waals surface area contributed by atoms with Crippen molar-refractivity contribution in [3.8, 4) is 23.1 Å². The van der Waals surface area contributed by atoms with Crippen LogP contribution in [0.15, 0.2) is 48.7 Å². The third-order valence-corrected chi connectivity index (χ3v) is 13.6. The summed E-state index contributed by atoms with van der Waals surface area (Å²) in [5.41, 5.74) is 5.81. The van der Waals surface area contributed by atoms with Gasteiger partial charge < -0.3 is 34.6 Å². The lowest BCUT2D eigenvalue weighted by Gasteiger charge is -2.34. The molecule has 2 saturated carbocycles. The van der Waals surface area contributed by atoms with Gasteiger partial charge in [0.15, 0.2) is 0 Å². The average molecular weight is 908 g/mol. The summed E-state index contributed by atoms with van der Waals surface area (Å²) in [5, 5.41) is 2.86. The minimum atomic E-state index is -0.673. The fraction of sp³-hybridized carbons (Fsp3) is 0.533. The van der Waals surface area contributed by atoms with Crippen molar-refractivity contribution in [3.05, 3.63) is 71.4 Å². The van der Waals surface area contributed by atoms with Gasteiger partial charge in [-0.1, -0.05) is 44.7 Å². The number of carbonyl (C=O) groups excluding carboxylic acids is 3. The Kier molecular flexibility index (Phi) is 15.3. The van der Waals surface area contributed by atoms with E-state index in [1.54, 1.807) is 0 Å². The molecule has 0 unspecified atom stereocenters. The predicted molar refractivity (Wildman–Crippen MR) is 256 cm³/mol. The molecule has 2 spiro atoms. The number of likely N-dealkylation sites (tertiary alicyclic amines) is 2. The fourth-order valence-electron chi connectivity index (χ4n) is 9.28. The normalized spacial score (nSPS) is 21.6. The van der Waals surface area contributed by atoms with E-state index in [1.807, 2.05) is 60.5 Å². The van der Waals surface area contributed by atoms with E-state index in [0.717, 1.165) is 77.3 Å². The minimum absolute atomic E-state index is 0. The molecule has 330 valence electrons. The van der Waals surface area contributed by atoms with Crippen LogP contribution in [0.4, 0.5) is 4.79 Å². The number of rotatable bonds is 8. The Balaban J connectivity index is 0.00000176. The van der Waals surface area contributed by atoms with E-state index < -0.39 is 12.1 Å². The van der Waals surface area contributed by atoms with Crippen molar-refractivity contribution < 1.29 is 23.9 Å². The van der Waals surface area contributed by atoms with Crippen LogP contribution in [0.5, 0.6) is 0 Å². The largest absolute Gasteiger partial charge is 0.453 e. The first-order valence-electron chi connectivity index (χ1n) is 20.7. The molecule has 16 heteroatoms. The second-order valence-electron chi connectivity index (χ2n) is 17.8. The number of ether oxygens (including phenoxy) is 2. The number of aromatic amines is 2. The van der Waals surface area contributed by atoms with Crippen LogP contribution in [-0.2, 0) is 19.1 Å². The van der Waals surface area contributed by atoms with Crippen LogP contribution in [0.1, 0.15) is 107 Å². The second-order valence-corrected chi connectivity index (χ2v) is 17.8. The summed E-state index contributed by atoms with van der Waals surface area (Å²) in [6.07, 6.45) is 9.02. The van der Waals surface area contributed by atoms with Crippen molar-refractivity contribution in [2.75, 3.05) is 33.4 Å². The molecule has 3 aliphatic heterocycles. The van der Waals surface area contributed by atoms with Gasteiger partial charge in [0, 0.05) is 43.3 Å². The number of benzene rings is 2.